The first kappa shape index (κ1) is 9.86. The maximum atomic E-state index is 13.1. The van der Waals surface area contributed by atoms with Crippen LogP contribution in [-0.4, -0.2) is 18.6 Å². The van der Waals surface area contributed by atoms with E-state index in [0.29, 0.717) is 11.5 Å². The number of halogens is 2. The van der Waals surface area contributed by atoms with Crippen LogP contribution < -0.4 is 10.2 Å². The minimum atomic E-state index is -0.277. The fourth-order valence-electron chi connectivity index (χ4n) is 1.53. The third-order valence-corrected chi connectivity index (χ3v) is 2.90. The van der Waals surface area contributed by atoms with Crippen molar-refractivity contribution in [2.75, 3.05) is 23.8 Å². The van der Waals surface area contributed by atoms with E-state index < -0.39 is 0 Å². The molecule has 1 aromatic carbocycles. The summed E-state index contributed by atoms with van der Waals surface area (Å²) in [6.07, 6.45) is 0. The number of rotatable bonds is 0. The summed E-state index contributed by atoms with van der Waals surface area (Å²) in [5.74, 6) is -0.277. The number of fused-ring (bicyclic) bond motifs is 1. The molecule has 74 valence electrons. The molecule has 0 unspecified atom stereocenters. The van der Waals surface area contributed by atoms with E-state index in [1.807, 2.05) is 11.9 Å². The Balaban J connectivity index is 2.58. The lowest BCUT2D eigenvalue weighted by Crippen LogP contribution is -2.34. The Morgan fingerprint density at radius 1 is 1.57 bits per heavy atom. The third kappa shape index (κ3) is 1.62. The Hall–Kier alpha value is -0.680. The van der Waals surface area contributed by atoms with Gasteiger partial charge >= 0.3 is 0 Å². The highest BCUT2D eigenvalue weighted by Crippen LogP contribution is 2.36. The van der Waals surface area contributed by atoms with Gasteiger partial charge in [-0.3, -0.25) is 0 Å². The third-order valence-electron chi connectivity index (χ3n) is 2.06. The van der Waals surface area contributed by atoms with Gasteiger partial charge in [0.2, 0.25) is 0 Å². The first-order valence-corrected chi connectivity index (χ1v) is 5.28. The Bertz CT molecular complexity index is 408. The van der Waals surface area contributed by atoms with E-state index in [4.69, 9.17) is 12.2 Å². The van der Waals surface area contributed by atoms with Crippen LogP contribution in [0.2, 0.25) is 0 Å². The fraction of sp³-hybridized carbons (Fsp3) is 0.222. The molecule has 0 aromatic heterocycles. The van der Waals surface area contributed by atoms with Gasteiger partial charge in [-0.2, -0.15) is 0 Å². The van der Waals surface area contributed by atoms with Gasteiger partial charge in [0.1, 0.15) is 5.82 Å². The predicted molar refractivity (Wildman–Crippen MR) is 63.6 cm³/mol. The van der Waals surface area contributed by atoms with Crippen molar-refractivity contribution in [1.82, 2.24) is 0 Å². The van der Waals surface area contributed by atoms with E-state index in [0.717, 1.165) is 15.8 Å². The summed E-state index contributed by atoms with van der Waals surface area (Å²) in [6, 6.07) is 2.90. The van der Waals surface area contributed by atoms with Crippen LogP contribution in [-0.2, 0) is 0 Å². The standard InChI is InChI=1S/C9H8BrFN2S/c1-13-4-8(14)12-7-3-5(11)2-6(10)9(7)13/h2-3H,4H2,1H3,(H,12,14). The zero-order valence-electron chi connectivity index (χ0n) is 7.47. The smallest absolute Gasteiger partial charge is 0.126 e. The van der Waals surface area contributed by atoms with Gasteiger partial charge in [-0.25, -0.2) is 4.39 Å². The van der Waals surface area contributed by atoms with E-state index in [9.17, 15) is 4.39 Å². The number of hydrogen-bond acceptors (Lipinski definition) is 2. The second kappa shape index (κ2) is 3.47. The summed E-state index contributed by atoms with van der Waals surface area (Å²) >= 11 is 8.38. The molecule has 0 spiro atoms. The molecule has 2 nitrogen and oxygen atoms in total. The Morgan fingerprint density at radius 3 is 3.00 bits per heavy atom. The monoisotopic (exact) mass is 274 g/mol. The summed E-state index contributed by atoms with van der Waals surface area (Å²) in [5, 5.41) is 2.99. The first-order chi connectivity index (χ1) is 6.58. The van der Waals surface area contributed by atoms with Crippen LogP contribution in [0.1, 0.15) is 0 Å². The zero-order chi connectivity index (χ0) is 10.3. The maximum Gasteiger partial charge on any atom is 0.126 e. The van der Waals surface area contributed by atoms with E-state index in [1.165, 1.54) is 12.1 Å². The van der Waals surface area contributed by atoms with Crippen molar-refractivity contribution in [2.45, 2.75) is 0 Å². The van der Waals surface area contributed by atoms with Crippen LogP contribution in [0.4, 0.5) is 15.8 Å². The SMILES string of the molecule is CN1CC(=S)Nc2cc(F)cc(Br)c21. The molecule has 0 amide bonds. The van der Waals surface area contributed by atoms with Crippen molar-refractivity contribution < 1.29 is 4.39 Å². The molecule has 0 fully saturated rings. The van der Waals surface area contributed by atoms with Crippen molar-refractivity contribution in [2.24, 2.45) is 0 Å². The van der Waals surface area contributed by atoms with Crippen LogP contribution in [0.25, 0.3) is 0 Å². The molecule has 1 N–H and O–H groups in total. The van der Waals surface area contributed by atoms with Crippen molar-refractivity contribution in [3.05, 3.63) is 22.4 Å². The number of benzene rings is 1. The summed E-state index contributed by atoms with van der Waals surface area (Å²) < 4.78 is 13.8. The topological polar surface area (TPSA) is 15.3 Å². The molecule has 1 heterocycles. The van der Waals surface area contributed by atoms with Gasteiger partial charge in [0.15, 0.2) is 0 Å². The minimum Gasteiger partial charge on any atom is -0.365 e. The maximum absolute atomic E-state index is 13.1. The molecule has 1 aliphatic rings. The van der Waals surface area contributed by atoms with Crippen LogP contribution >= 0.6 is 28.1 Å². The highest BCUT2D eigenvalue weighted by Gasteiger charge is 2.20. The van der Waals surface area contributed by atoms with Gasteiger partial charge in [-0.1, -0.05) is 12.2 Å². The number of hydrogen-bond donors (Lipinski definition) is 1. The largest absolute Gasteiger partial charge is 0.365 e. The number of nitrogens with zero attached hydrogens (tertiary/aromatic N) is 1. The molecule has 2 rings (SSSR count). The Labute approximate surface area is 95.2 Å². The average Bonchev–Trinajstić information content (AvgIpc) is 1.99. The summed E-state index contributed by atoms with van der Waals surface area (Å²) in [6.45, 7) is 0.659. The van der Waals surface area contributed by atoms with E-state index in [2.05, 4.69) is 21.2 Å². The van der Waals surface area contributed by atoms with E-state index >= 15 is 0 Å². The van der Waals surface area contributed by atoms with Crippen molar-refractivity contribution in [1.29, 1.82) is 0 Å². The van der Waals surface area contributed by atoms with Gasteiger partial charge in [-0.15, -0.1) is 0 Å². The lowest BCUT2D eigenvalue weighted by Gasteiger charge is -2.29. The molecule has 0 saturated carbocycles. The molecule has 0 aliphatic carbocycles. The van der Waals surface area contributed by atoms with Crippen LogP contribution in [0.3, 0.4) is 0 Å². The molecular weight excluding hydrogens is 267 g/mol. The van der Waals surface area contributed by atoms with Gasteiger partial charge in [0.05, 0.1) is 22.9 Å². The highest BCUT2D eigenvalue weighted by atomic mass is 79.9. The quantitative estimate of drug-likeness (QED) is 0.733. The Kier molecular flexibility index (Phi) is 2.45. The lowest BCUT2D eigenvalue weighted by molar-refractivity contribution is 0.627. The summed E-state index contributed by atoms with van der Waals surface area (Å²) in [7, 11) is 1.93. The number of nitrogens with one attached hydrogen (secondary N) is 1. The van der Waals surface area contributed by atoms with Gasteiger partial charge in [0.25, 0.3) is 0 Å². The molecule has 14 heavy (non-hydrogen) atoms. The molecule has 1 aliphatic heterocycles. The van der Waals surface area contributed by atoms with Crippen LogP contribution in [0, 0.1) is 5.82 Å². The molecule has 0 atom stereocenters. The zero-order valence-corrected chi connectivity index (χ0v) is 9.88. The molecule has 0 saturated heterocycles. The predicted octanol–water partition coefficient (Wildman–Crippen LogP) is 2.78. The van der Waals surface area contributed by atoms with Gasteiger partial charge in [0, 0.05) is 11.5 Å². The fourth-order valence-corrected chi connectivity index (χ4v) is 2.57. The average molecular weight is 275 g/mol. The number of likely N-dealkylation sites (N-methyl/N-ethyl adjacent to an activating group) is 1. The van der Waals surface area contributed by atoms with Crippen molar-refractivity contribution >= 4 is 44.5 Å². The van der Waals surface area contributed by atoms with E-state index in [1.54, 1.807) is 0 Å². The lowest BCUT2D eigenvalue weighted by atomic mass is 10.2. The molecular formula is C9H8BrFN2S. The second-order valence-electron chi connectivity index (χ2n) is 3.19. The van der Waals surface area contributed by atoms with Gasteiger partial charge < -0.3 is 10.2 Å². The van der Waals surface area contributed by atoms with Gasteiger partial charge in [-0.05, 0) is 28.1 Å². The first-order valence-electron chi connectivity index (χ1n) is 4.08. The molecule has 5 heteroatoms. The summed E-state index contributed by atoms with van der Waals surface area (Å²) in [5.41, 5.74) is 1.66. The molecule has 0 bridgehead atoms. The van der Waals surface area contributed by atoms with Crippen LogP contribution in [0.5, 0.6) is 0 Å². The molecule has 1 aromatic rings. The second-order valence-corrected chi connectivity index (χ2v) is 4.54. The Morgan fingerprint density at radius 2 is 2.29 bits per heavy atom. The minimum absolute atomic E-state index is 0.277. The summed E-state index contributed by atoms with van der Waals surface area (Å²) in [4.78, 5) is 2.69. The molecule has 0 radical (unpaired) electrons. The van der Waals surface area contributed by atoms with Crippen LogP contribution in [0.15, 0.2) is 16.6 Å². The van der Waals surface area contributed by atoms with E-state index in [-0.39, 0.29) is 5.82 Å². The highest BCUT2D eigenvalue weighted by molar-refractivity contribution is 9.10. The normalized spacial score (nSPS) is 15.1. The van der Waals surface area contributed by atoms with Crippen molar-refractivity contribution in [3.63, 3.8) is 0 Å². The number of anilines is 2. The van der Waals surface area contributed by atoms with Crippen molar-refractivity contribution in [3.8, 4) is 0 Å². The number of thiocarbonyl (C=S) groups is 1.